The van der Waals surface area contributed by atoms with Crippen LogP contribution in [0.15, 0.2) is 30.3 Å². The zero-order chi connectivity index (χ0) is 9.68. The molecule has 0 bridgehead atoms. The number of para-hydroxylation sites is 1. The molecule has 0 aromatic heterocycles. The number of carbonyl (C=O) groups excluding carboxylic acids is 1. The van der Waals surface area contributed by atoms with E-state index in [1.165, 1.54) is 6.92 Å². The Balaban J connectivity index is 2.71. The minimum absolute atomic E-state index is 0.0798. The quantitative estimate of drug-likeness (QED) is 0.224. The second-order valence-electron chi connectivity index (χ2n) is 2.39. The van der Waals surface area contributed by atoms with E-state index in [-0.39, 0.29) is 5.71 Å². The first kappa shape index (κ1) is 9.16. The van der Waals surface area contributed by atoms with Crippen molar-refractivity contribution in [1.82, 2.24) is 0 Å². The third kappa shape index (κ3) is 2.54. The smallest absolute Gasteiger partial charge is 0.418 e. The van der Waals surface area contributed by atoms with E-state index in [0.717, 1.165) is 0 Å². The zero-order valence-electron chi connectivity index (χ0n) is 7.10. The minimum atomic E-state index is -0.659. The second-order valence-corrected chi connectivity index (χ2v) is 2.39. The molecule has 0 N–H and O–H groups in total. The molecule has 0 aliphatic heterocycles. The topological polar surface area (TPSA) is 62.7 Å². The third-order valence-electron chi connectivity index (χ3n) is 1.40. The summed E-state index contributed by atoms with van der Waals surface area (Å²) in [5.41, 5.74) is 8.19. The van der Waals surface area contributed by atoms with Crippen molar-refractivity contribution in [1.29, 1.82) is 0 Å². The monoisotopic (exact) mass is 176 g/mol. The molecule has 0 fully saturated rings. The fourth-order valence-electron chi connectivity index (χ4n) is 0.710. The summed E-state index contributed by atoms with van der Waals surface area (Å²) in [5, 5.41) is 0. The van der Waals surface area contributed by atoms with Gasteiger partial charge in [0, 0.05) is 6.92 Å². The van der Waals surface area contributed by atoms with Crippen LogP contribution in [-0.2, 0) is 4.79 Å². The Labute approximate surface area is 75.4 Å². The lowest BCUT2D eigenvalue weighted by molar-refractivity contribution is -0.131. The lowest BCUT2D eigenvalue weighted by Crippen LogP contribution is -2.18. The Bertz CT molecular complexity index is 353. The van der Waals surface area contributed by atoms with Crippen LogP contribution in [0.4, 0.5) is 0 Å². The molecule has 0 atom stereocenters. The van der Waals surface area contributed by atoms with Crippen molar-refractivity contribution < 1.29 is 14.3 Å². The van der Waals surface area contributed by atoms with E-state index in [1.807, 2.05) is 6.07 Å². The van der Waals surface area contributed by atoms with Crippen LogP contribution in [0.2, 0.25) is 0 Å². The highest BCUT2D eigenvalue weighted by Gasteiger charge is 2.15. The molecule has 0 saturated carbocycles. The van der Waals surface area contributed by atoms with Gasteiger partial charge in [-0.05, 0) is 12.1 Å². The summed E-state index contributed by atoms with van der Waals surface area (Å²) in [7, 11) is 0. The molecule has 0 amide bonds. The Kier molecular flexibility index (Phi) is 2.95. The van der Waals surface area contributed by atoms with Crippen LogP contribution in [0.3, 0.4) is 0 Å². The van der Waals surface area contributed by atoms with Crippen molar-refractivity contribution in [2.45, 2.75) is 6.92 Å². The van der Waals surface area contributed by atoms with Crippen LogP contribution in [0.25, 0.3) is 5.53 Å². The van der Waals surface area contributed by atoms with Gasteiger partial charge in [-0.2, -0.15) is 4.79 Å². The fraction of sp³-hybridized carbons (Fsp3) is 0.111. The highest BCUT2D eigenvalue weighted by molar-refractivity contribution is 6.33. The van der Waals surface area contributed by atoms with E-state index in [1.54, 1.807) is 24.3 Å². The third-order valence-corrected chi connectivity index (χ3v) is 1.40. The number of nitrogens with zero attached hydrogens (tertiary/aromatic N) is 2. The van der Waals surface area contributed by atoms with Crippen LogP contribution < -0.4 is 4.74 Å². The molecule has 1 aromatic rings. The summed E-state index contributed by atoms with van der Waals surface area (Å²) in [6.45, 7) is 1.37. The Hall–Kier alpha value is -1.93. The Morgan fingerprint density at radius 3 is 2.54 bits per heavy atom. The molecule has 0 radical (unpaired) electrons. The normalized spacial score (nSPS) is 8.69. The minimum Gasteiger partial charge on any atom is -0.418 e. The number of esters is 1. The van der Waals surface area contributed by atoms with Gasteiger partial charge in [-0.25, -0.2) is 4.79 Å². The number of benzene rings is 1. The van der Waals surface area contributed by atoms with Gasteiger partial charge in [0.1, 0.15) is 5.75 Å². The van der Waals surface area contributed by atoms with E-state index < -0.39 is 5.97 Å². The molecule has 0 aliphatic rings. The van der Waals surface area contributed by atoms with E-state index in [4.69, 9.17) is 10.3 Å². The van der Waals surface area contributed by atoms with Crippen LogP contribution in [0.5, 0.6) is 5.75 Å². The van der Waals surface area contributed by atoms with Crippen LogP contribution in [0.1, 0.15) is 6.92 Å². The van der Waals surface area contributed by atoms with Gasteiger partial charge in [0.15, 0.2) is 0 Å². The standard InChI is InChI=1S/C9H8N2O2/c1-7(11-10)9(12)13-8-5-3-2-4-6-8/h2-6H,1H3. The molecule has 0 spiro atoms. The highest BCUT2D eigenvalue weighted by atomic mass is 16.5. The lowest BCUT2D eigenvalue weighted by Gasteiger charge is -1.97. The predicted octanol–water partition coefficient (Wildman–Crippen LogP) is 1.28. The highest BCUT2D eigenvalue weighted by Crippen LogP contribution is 2.08. The molecule has 0 unspecified atom stereocenters. The van der Waals surface area contributed by atoms with E-state index in [2.05, 4.69) is 4.79 Å². The first-order chi connectivity index (χ1) is 6.24. The molecule has 0 aliphatic carbocycles. The van der Waals surface area contributed by atoms with Crippen LogP contribution in [-0.4, -0.2) is 16.5 Å². The molecule has 0 heterocycles. The summed E-state index contributed by atoms with van der Waals surface area (Å²) in [4.78, 5) is 13.8. The maximum atomic E-state index is 11.0. The summed E-state index contributed by atoms with van der Waals surface area (Å²) in [6, 6.07) is 8.58. The summed E-state index contributed by atoms with van der Waals surface area (Å²) in [5.74, 6) is -0.232. The largest absolute Gasteiger partial charge is 0.421 e. The molecule has 4 heteroatoms. The maximum Gasteiger partial charge on any atom is 0.421 e. The van der Waals surface area contributed by atoms with Crippen molar-refractivity contribution in [2.24, 2.45) is 0 Å². The van der Waals surface area contributed by atoms with Crippen molar-refractivity contribution in [3.63, 3.8) is 0 Å². The summed E-state index contributed by atoms with van der Waals surface area (Å²) >= 11 is 0. The van der Waals surface area contributed by atoms with Crippen molar-refractivity contribution >= 4 is 11.7 Å². The zero-order valence-corrected chi connectivity index (χ0v) is 7.10. The first-order valence-electron chi connectivity index (χ1n) is 3.70. The first-order valence-corrected chi connectivity index (χ1v) is 3.70. The molecule has 4 nitrogen and oxygen atoms in total. The number of ether oxygens (including phenoxy) is 1. The van der Waals surface area contributed by atoms with Gasteiger partial charge in [-0.3, -0.25) is 0 Å². The summed E-state index contributed by atoms with van der Waals surface area (Å²) < 4.78 is 4.84. The molecule has 66 valence electrons. The molecule has 1 rings (SSSR count). The molecular formula is C9H8N2O2. The van der Waals surface area contributed by atoms with E-state index in [9.17, 15) is 4.79 Å². The van der Waals surface area contributed by atoms with Gasteiger partial charge >= 0.3 is 11.7 Å². The SMILES string of the molecule is CC(=[N+]=[N-])C(=O)Oc1ccccc1. The molecule has 1 aromatic carbocycles. The Morgan fingerprint density at radius 1 is 1.38 bits per heavy atom. The average Bonchev–Trinajstić information content (AvgIpc) is 2.18. The molecule has 0 saturated heterocycles. The predicted molar refractivity (Wildman–Crippen MR) is 46.4 cm³/mol. The molecule has 13 heavy (non-hydrogen) atoms. The van der Waals surface area contributed by atoms with Gasteiger partial charge in [-0.15, -0.1) is 0 Å². The van der Waals surface area contributed by atoms with Gasteiger partial charge in [0.2, 0.25) is 0 Å². The number of hydrogen-bond donors (Lipinski definition) is 0. The maximum absolute atomic E-state index is 11.0. The van der Waals surface area contributed by atoms with E-state index >= 15 is 0 Å². The van der Waals surface area contributed by atoms with Gasteiger partial charge in [0.25, 0.3) is 0 Å². The molecular weight excluding hydrogens is 168 g/mol. The van der Waals surface area contributed by atoms with Gasteiger partial charge in [-0.1, -0.05) is 18.2 Å². The van der Waals surface area contributed by atoms with Crippen LogP contribution >= 0.6 is 0 Å². The van der Waals surface area contributed by atoms with Crippen molar-refractivity contribution in [3.8, 4) is 5.75 Å². The van der Waals surface area contributed by atoms with Crippen LogP contribution in [0, 0.1) is 0 Å². The number of rotatable bonds is 2. The van der Waals surface area contributed by atoms with Crippen molar-refractivity contribution in [3.05, 3.63) is 35.9 Å². The lowest BCUT2D eigenvalue weighted by atomic mass is 10.3. The van der Waals surface area contributed by atoms with Crippen molar-refractivity contribution in [2.75, 3.05) is 0 Å². The summed E-state index contributed by atoms with van der Waals surface area (Å²) in [6.07, 6.45) is 0. The fourth-order valence-corrected chi connectivity index (χ4v) is 0.710. The number of carbonyl (C=O) groups is 1. The van der Waals surface area contributed by atoms with E-state index in [0.29, 0.717) is 5.75 Å². The number of hydrogen-bond acceptors (Lipinski definition) is 2. The Morgan fingerprint density at radius 2 is 2.00 bits per heavy atom. The second kappa shape index (κ2) is 4.18. The average molecular weight is 176 g/mol. The van der Waals surface area contributed by atoms with Gasteiger partial charge < -0.3 is 10.3 Å². The van der Waals surface area contributed by atoms with Gasteiger partial charge in [0.05, 0.1) is 0 Å².